The van der Waals surface area contributed by atoms with Gasteiger partial charge in [0.25, 0.3) is 11.5 Å². The maximum absolute atomic E-state index is 13.2. The zero-order valence-electron chi connectivity index (χ0n) is 20.7. The first-order valence-corrected chi connectivity index (χ1v) is 10.8. The van der Waals surface area contributed by atoms with E-state index in [9.17, 15) is 9.59 Å². The first kappa shape index (κ1) is 27.8. The van der Waals surface area contributed by atoms with E-state index in [0.717, 1.165) is 11.1 Å². The molecule has 1 amide bonds. The first-order valence-electron chi connectivity index (χ1n) is 10.8. The molecule has 190 valence electrons. The van der Waals surface area contributed by atoms with E-state index >= 15 is 0 Å². The lowest BCUT2D eigenvalue weighted by molar-refractivity contribution is -0.166. The normalized spacial score (nSPS) is 14.3. The summed E-state index contributed by atoms with van der Waals surface area (Å²) >= 11 is 0. The predicted molar refractivity (Wildman–Crippen MR) is 124 cm³/mol. The molecule has 0 saturated heterocycles. The number of rotatable bonds is 15. The summed E-state index contributed by atoms with van der Waals surface area (Å²) in [6.45, 7) is 6.22. The van der Waals surface area contributed by atoms with Crippen LogP contribution in [0.15, 0.2) is 16.9 Å². The van der Waals surface area contributed by atoms with Crippen LogP contribution in [0, 0.1) is 19.8 Å². The molecule has 0 unspecified atom stereocenters. The Kier molecular flexibility index (Phi) is 11.0. The van der Waals surface area contributed by atoms with Crippen molar-refractivity contribution in [2.75, 3.05) is 48.3 Å². The number of carbonyl (C=O) groups excluding carboxylic acids is 1. The number of benzene rings is 1. The Morgan fingerprint density at radius 1 is 1.00 bits per heavy atom. The third-order valence-corrected chi connectivity index (χ3v) is 5.61. The van der Waals surface area contributed by atoms with Gasteiger partial charge >= 0.3 is 0 Å². The van der Waals surface area contributed by atoms with E-state index in [1.54, 1.807) is 0 Å². The largest absolute Gasteiger partial charge is 0.364 e. The Morgan fingerprint density at radius 2 is 1.59 bits per heavy atom. The lowest BCUT2D eigenvalue weighted by Gasteiger charge is -2.31. The summed E-state index contributed by atoms with van der Waals surface area (Å²) in [5.74, 6) is -1.17. The summed E-state index contributed by atoms with van der Waals surface area (Å²) in [6, 6.07) is 3.69. The fourth-order valence-electron chi connectivity index (χ4n) is 3.54. The number of amides is 1. The van der Waals surface area contributed by atoms with Crippen LogP contribution in [0.5, 0.6) is 0 Å². The summed E-state index contributed by atoms with van der Waals surface area (Å²) in [5.41, 5.74) is 7.55. The van der Waals surface area contributed by atoms with Crippen LogP contribution < -0.4 is 11.3 Å². The fraction of sp³-hybridized carbons (Fsp3) is 0.609. The van der Waals surface area contributed by atoms with E-state index in [1.165, 1.54) is 25.9 Å². The molecule has 0 radical (unpaired) electrons. The van der Waals surface area contributed by atoms with E-state index in [4.69, 9.17) is 34.2 Å². The molecule has 11 nitrogen and oxygen atoms in total. The molecule has 2 rings (SSSR count). The topological polar surface area (TPSA) is 133 Å². The molecule has 2 aromatic rings. The number of hydrogen-bond acceptors (Lipinski definition) is 9. The summed E-state index contributed by atoms with van der Waals surface area (Å²) in [7, 11) is 4.56. The summed E-state index contributed by atoms with van der Waals surface area (Å²) < 4.78 is 33.9. The summed E-state index contributed by atoms with van der Waals surface area (Å²) in [5, 5.41) is 0. The Balaban J connectivity index is 2.52. The maximum atomic E-state index is 13.2. The highest BCUT2D eigenvalue weighted by Gasteiger charge is 2.30. The van der Waals surface area contributed by atoms with Crippen LogP contribution in [0.25, 0.3) is 11.0 Å². The monoisotopic (exact) mass is 481 g/mol. The minimum atomic E-state index is -0.893. The molecule has 2 N–H and O–H groups in total. The van der Waals surface area contributed by atoms with Gasteiger partial charge in [-0.25, -0.2) is 4.98 Å². The molecule has 0 aliphatic heterocycles. The van der Waals surface area contributed by atoms with Gasteiger partial charge in [-0.15, -0.1) is 0 Å². The number of carbonyl (C=O) groups is 1. The number of primary amides is 1. The first-order chi connectivity index (χ1) is 16.2. The Morgan fingerprint density at radius 3 is 2.18 bits per heavy atom. The fourth-order valence-corrected chi connectivity index (χ4v) is 3.54. The van der Waals surface area contributed by atoms with E-state index in [1.807, 2.05) is 32.9 Å². The number of hydrogen-bond donors (Lipinski definition) is 1. The number of ether oxygens (including phenoxy) is 6. The highest BCUT2D eigenvalue weighted by atomic mass is 16.7. The lowest BCUT2D eigenvalue weighted by Crippen LogP contribution is -2.42. The van der Waals surface area contributed by atoms with Gasteiger partial charge in [0.05, 0.1) is 36.4 Å². The lowest BCUT2D eigenvalue weighted by atomic mass is 9.97. The summed E-state index contributed by atoms with van der Waals surface area (Å²) in [6.07, 6.45) is -1.00. The van der Waals surface area contributed by atoms with Gasteiger partial charge in [0.15, 0.2) is 5.69 Å². The summed E-state index contributed by atoms with van der Waals surface area (Å²) in [4.78, 5) is 29.4. The zero-order chi connectivity index (χ0) is 25.3. The molecule has 0 aliphatic rings. The van der Waals surface area contributed by atoms with Crippen molar-refractivity contribution in [3.63, 3.8) is 0 Å². The van der Waals surface area contributed by atoms with Gasteiger partial charge in [-0.05, 0) is 37.1 Å². The van der Waals surface area contributed by atoms with Gasteiger partial charge in [-0.2, -0.15) is 0 Å². The number of aryl methyl sites for hydroxylation is 2. The van der Waals surface area contributed by atoms with Crippen LogP contribution in [-0.4, -0.2) is 76.0 Å². The standard InChI is InChI=1S/C23H35N3O8/c1-14-7-17-18(8-15(14)2)26(23(28)21(25-17)22(24)27)9-19(33-12-30-5)16(3)20(34-13-31-6)10-32-11-29-4/h7-8,16,19-20H,9-13H2,1-6H3,(H2,24,27)/t16-,19-,20+/m0/s1. The van der Waals surface area contributed by atoms with Crippen molar-refractivity contribution >= 4 is 16.9 Å². The third-order valence-electron chi connectivity index (χ3n) is 5.61. The zero-order valence-corrected chi connectivity index (χ0v) is 20.7. The van der Waals surface area contributed by atoms with Crippen LogP contribution in [0.4, 0.5) is 0 Å². The van der Waals surface area contributed by atoms with E-state index in [2.05, 4.69) is 4.98 Å². The molecule has 34 heavy (non-hydrogen) atoms. The van der Waals surface area contributed by atoms with Crippen molar-refractivity contribution < 1.29 is 33.2 Å². The molecule has 3 atom stereocenters. The number of nitrogens with zero attached hydrogens (tertiary/aromatic N) is 2. The Bertz CT molecular complexity index is 1010. The molecule has 0 saturated carbocycles. The second kappa shape index (κ2) is 13.5. The quantitative estimate of drug-likeness (QED) is 0.295. The number of methoxy groups -OCH3 is 3. The van der Waals surface area contributed by atoms with Gasteiger partial charge < -0.3 is 38.7 Å². The second-order valence-corrected chi connectivity index (χ2v) is 8.03. The van der Waals surface area contributed by atoms with Gasteiger partial charge in [-0.1, -0.05) is 6.92 Å². The van der Waals surface area contributed by atoms with Gasteiger partial charge in [0.1, 0.15) is 20.4 Å². The molecule has 1 aromatic heterocycles. The Labute approximate surface area is 199 Å². The second-order valence-electron chi connectivity index (χ2n) is 8.03. The minimum absolute atomic E-state index is 0.0104. The molecule has 0 bridgehead atoms. The SMILES string of the molecule is COCOC[C@@H](OCOC)[C@@H](C)[C@H](Cn1c(=O)c(C(N)=O)nc2cc(C)c(C)cc21)OCOC. The van der Waals surface area contributed by atoms with Gasteiger partial charge in [-0.3, -0.25) is 9.59 Å². The van der Waals surface area contributed by atoms with Crippen molar-refractivity contribution in [1.82, 2.24) is 9.55 Å². The molecule has 0 aliphatic carbocycles. The van der Waals surface area contributed by atoms with Crippen LogP contribution in [-0.2, 0) is 35.0 Å². The van der Waals surface area contributed by atoms with Crippen molar-refractivity contribution in [3.05, 3.63) is 39.3 Å². The van der Waals surface area contributed by atoms with E-state index < -0.39 is 23.7 Å². The van der Waals surface area contributed by atoms with Crippen molar-refractivity contribution in [2.45, 2.75) is 39.5 Å². The Hall–Kier alpha value is -2.41. The molecule has 11 heteroatoms. The molecule has 1 aromatic carbocycles. The highest BCUT2D eigenvalue weighted by Crippen LogP contribution is 2.22. The van der Waals surface area contributed by atoms with Crippen molar-refractivity contribution in [3.8, 4) is 0 Å². The molecular formula is C23H35N3O8. The average molecular weight is 482 g/mol. The van der Waals surface area contributed by atoms with Gasteiger partial charge in [0.2, 0.25) is 0 Å². The number of fused-ring (bicyclic) bond motifs is 1. The smallest absolute Gasteiger partial charge is 0.282 e. The maximum Gasteiger partial charge on any atom is 0.282 e. The van der Waals surface area contributed by atoms with Crippen LogP contribution in [0.1, 0.15) is 28.5 Å². The highest BCUT2D eigenvalue weighted by molar-refractivity contribution is 5.92. The van der Waals surface area contributed by atoms with E-state index in [-0.39, 0.29) is 45.1 Å². The van der Waals surface area contributed by atoms with Crippen molar-refractivity contribution in [2.24, 2.45) is 11.7 Å². The third kappa shape index (κ3) is 7.05. The van der Waals surface area contributed by atoms with Crippen LogP contribution in [0.2, 0.25) is 0 Å². The predicted octanol–water partition coefficient (Wildman–Crippen LogP) is 1.35. The van der Waals surface area contributed by atoms with Crippen LogP contribution >= 0.6 is 0 Å². The van der Waals surface area contributed by atoms with E-state index in [0.29, 0.717) is 11.0 Å². The molecule has 0 spiro atoms. The number of nitrogens with two attached hydrogens (primary N) is 1. The van der Waals surface area contributed by atoms with Gasteiger partial charge in [0, 0.05) is 27.2 Å². The minimum Gasteiger partial charge on any atom is -0.364 e. The molecule has 0 fully saturated rings. The molecular weight excluding hydrogens is 446 g/mol. The van der Waals surface area contributed by atoms with Crippen LogP contribution in [0.3, 0.4) is 0 Å². The molecule has 1 heterocycles. The number of aromatic nitrogens is 2. The average Bonchev–Trinajstić information content (AvgIpc) is 2.80. The van der Waals surface area contributed by atoms with Crippen molar-refractivity contribution in [1.29, 1.82) is 0 Å².